The molecular formula is C32H62N2+2. The van der Waals surface area contributed by atoms with Crippen molar-refractivity contribution in [3.63, 3.8) is 0 Å². The molecule has 1 aromatic heterocycles. The maximum Gasteiger partial charge on any atom is 0.177 e. The highest BCUT2D eigenvalue weighted by atomic mass is 15.3. The zero-order valence-electron chi connectivity index (χ0n) is 24.0. The summed E-state index contributed by atoms with van der Waals surface area (Å²) in [6.07, 6.45) is 33.0. The second kappa shape index (κ2) is 21.4. The first-order valence-corrected chi connectivity index (χ1v) is 15.4. The van der Waals surface area contributed by atoms with E-state index >= 15 is 0 Å². The molecule has 0 saturated carbocycles. The third-order valence-corrected chi connectivity index (χ3v) is 7.42. The van der Waals surface area contributed by atoms with Gasteiger partial charge in [-0.05, 0) is 25.3 Å². The molecule has 0 spiro atoms. The molecule has 0 aliphatic heterocycles. The van der Waals surface area contributed by atoms with Gasteiger partial charge in [0.25, 0.3) is 0 Å². The van der Waals surface area contributed by atoms with Crippen LogP contribution in [0.4, 0.5) is 0 Å². The Hall–Kier alpha value is -0.890. The average molecular weight is 475 g/mol. The molecule has 1 aromatic rings. The van der Waals surface area contributed by atoms with E-state index in [-0.39, 0.29) is 0 Å². The molecule has 0 fully saturated rings. The molecule has 2 heteroatoms. The average Bonchev–Trinajstić information content (AvgIpc) is 2.81. The number of quaternary nitrogens is 1. The molecule has 1 heterocycles. The molecule has 198 valence electrons. The number of aromatic nitrogens is 1. The molecule has 0 aliphatic carbocycles. The van der Waals surface area contributed by atoms with Crippen LogP contribution in [-0.2, 0) is 13.1 Å². The summed E-state index contributed by atoms with van der Waals surface area (Å²) < 4.78 is 3.54. The van der Waals surface area contributed by atoms with Crippen LogP contribution in [-0.4, -0.2) is 25.1 Å². The minimum absolute atomic E-state index is 1.11. The zero-order chi connectivity index (χ0) is 24.7. The predicted octanol–water partition coefficient (Wildman–Crippen LogP) is 9.39. The molecule has 34 heavy (non-hydrogen) atoms. The van der Waals surface area contributed by atoms with Crippen molar-refractivity contribution in [1.29, 1.82) is 0 Å². The quantitative estimate of drug-likeness (QED) is 0.0798. The standard InChI is InChI=1S/C32H62N2/c1-5-7-9-11-13-15-17-19-21-23-27-33-28-25-26-32(30-33)31-34(3,4)29-24-22-20-18-16-14-12-10-8-6-2/h25-26,28,30H,5-24,27,29,31H2,1-4H3/q+2. The summed E-state index contributed by atoms with van der Waals surface area (Å²) in [6, 6.07) is 4.58. The van der Waals surface area contributed by atoms with Crippen molar-refractivity contribution in [3.8, 4) is 0 Å². The number of rotatable bonds is 24. The van der Waals surface area contributed by atoms with Gasteiger partial charge in [0.2, 0.25) is 0 Å². The highest BCUT2D eigenvalue weighted by Gasteiger charge is 2.17. The molecule has 0 N–H and O–H groups in total. The fourth-order valence-electron chi connectivity index (χ4n) is 5.19. The van der Waals surface area contributed by atoms with Crippen molar-refractivity contribution in [3.05, 3.63) is 30.1 Å². The first kappa shape index (κ1) is 31.1. The van der Waals surface area contributed by atoms with Crippen LogP contribution in [0.2, 0.25) is 0 Å². The number of unbranched alkanes of at least 4 members (excludes halogenated alkanes) is 18. The summed E-state index contributed by atoms with van der Waals surface area (Å²) in [5.41, 5.74) is 1.49. The van der Waals surface area contributed by atoms with Crippen molar-refractivity contribution in [2.75, 3.05) is 20.6 Å². The van der Waals surface area contributed by atoms with Crippen molar-refractivity contribution in [1.82, 2.24) is 0 Å². The summed E-state index contributed by atoms with van der Waals surface area (Å²) in [6.45, 7) is 8.22. The van der Waals surface area contributed by atoms with Gasteiger partial charge in [-0.25, -0.2) is 4.57 Å². The number of nitrogens with zero attached hydrogens (tertiary/aromatic N) is 2. The second-order valence-electron chi connectivity index (χ2n) is 11.6. The van der Waals surface area contributed by atoms with E-state index in [0.29, 0.717) is 0 Å². The maximum atomic E-state index is 2.43. The van der Waals surface area contributed by atoms with Gasteiger partial charge in [0.1, 0.15) is 13.1 Å². The van der Waals surface area contributed by atoms with E-state index in [1.165, 1.54) is 147 Å². The van der Waals surface area contributed by atoms with Crippen LogP contribution >= 0.6 is 0 Å². The van der Waals surface area contributed by atoms with E-state index < -0.39 is 0 Å². The summed E-state index contributed by atoms with van der Waals surface area (Å²) >= 11 is 0. The topological polar surface area (TPSA) is 3.88 Å². The highest BCUT2D eigenvalue weighted by molar-refractivity contribution is 5.03. The summed E-state index contributed by atoms with van der Waals surface area (Å²) in [5, 5.41) is 0. The first-order valence-electron chi connectivity index (χ1n) is 15.4. The largest absolute Gasteiger partial charge is 0.325 e. The van der Waals surface area contributed by atoms with Crippen molar-refractivity contribution >= 4 is 0 Å². The van der Waals surface area contributed by atoms with Crippen LogP contribution < -0.4 is 4.57 Å². The Morgan fingerprint density at radius 2 is 1.03 bits per heavy atom. The van der Waals surface area contributed by atoms with Gasteiger partial charge in [-0.15, -0.1) is 0 Å². The third-order valence-electron chi connectivity index (χ3n) is 7.42. The summed E-state index contributed by atoms with van der Waals surface area (Å²) in [7, 11) is 4.82. The summed E-state index contributed by atoms with van der Waals surface area (Å²) in [5.74, 6) is 0. The second-order valence-corrected chi connectivity index (χ2v) is 11.6. The SMILES string of the molecule is CCCCCCCCCCCC[n+]1cccc(C[N+](C)(C)CCCCCCCCCCCC)c1. The number of hydrogen-bond donors (Lipinski definition) is 0. The Labute approximate surface area is 215 Å². The third kappa shape index (κ3) is 18.4. The van der Waals surface area contributed by atoms with Gasteiger partial charge in [0, 0.05) is 12.5 Å². The molecule has 0 amide bonds. The van der Waals surface area contributed by atoms with Crippen LogP contribution in [0, 0.1) is 0 Å². The molecule has 0 radical (unpaired) electrons. The summed E-state index contributed by atoms with van der Waals surface area (Å²) in [4.78, 5) is 0. The molecule has 0 unspecified atom stereocenters. The van der Waals surface area contributed by atoms with Gasteiger partial charge in [-0.2, -0.15) is 0 Å². The van der Waals surface area contributed by atoms with Gasteiger partial charge in [-0.1, -0.05) is 117 Å². The minimum Gasteiger partial charge on any atom is -0.325 e. The lowest BCUT2D eigenvalue weighted by atomic mass is 10.1. The molecule has 1 rings (SSSR count). The molecule has 0 atom stereocenters. The monoisotopic (exact) mass is 474 g/mol. The Kier molecular flexibility index (Phi) is 19.6. The Morgan fingerprint density at radius 3 is 1.53 bits per heavy atom. The van der Waals surface area contributed by atoms with Gasteiger partial charge in [0.15, 0.2) is 12.4 Å². The van der Waals surface area contributed by atoms with Gasteiger partial charge in [-0.3, -0.25) is 0 Å². The first-order chi connectivity index (χ1) is 16.6. The van der Waals surface area contributed by atoms with Crippen LogP contribution in [0.1, 0.15) is 148 Å². The van der Waals surface area contributed by atoms with E-state index in [0.717, 1.165) is 11.0 Å². The molecule has 0 saturated heterocycles. The normalized spacial score (nSPS) is 11.9. The van der Waals surface area contributed by atoms with Crippen molar-refractivity contribution in [2.45, 2.75) is 155 Å². The number of pyridine rings is 1. The molecule has 0 aliphatic rings. The Bertz CT molecular complexity index is 566. The molecule has 2 nitrogen and oxygen atoms in total. The molecule has 0 aromatic carbocycles. The van der Waals surface area contributed by atoms with E-state index in [9.17, 15) is 0 Å². The predicted molar refractivity (Wildman–Crippen MR) is 151 cm³/mol. The zero-order valence-corrected chi connectivity index (χ0v) is 24.0. The van der Waals surface area contributed by atoms with Crippen LogP contribution in [0.25, 0.3) is 0 Å². The van der Waals surface area contributed by atoms with E-state index in [2.05, 4.69) is 57.0 Å². The Balaban J connectivity index is 2.11. The fourth-order valence-corrected chi connectivity index (χ4v) is 5.19. The minimum atomic E-state index is 1.11. The van der Waals surface area contributed by atoms with Gasteiger partial charge in [0.05, 0.1) is 26.2 Å². The highest BCUT2D eigenvalue weighted by Crippen LogP contribution is 2.14. The maximum absolute atomic E-state index is 2.43. The van der Waals surface area contributed by atoms with Gasteiger partial charge < -0.3 is 4.48 Å². The fraction of sp³-hybridized carbons (Fsp3) is 0.844. The van der Waals surface area contributed by atoms with Crippen LogP contribution in [0.15, 0.2) is 24.5 Å². The van der Waals surface area contributed by atoms with Crippen LogP contribution in [0.5, 0.6) is 0 Å². The van der Waals surface area contributed by atoms with E-state index in [1.807, 2.05) is 0 Å². The van der Waals surface area contributed by atoms with E-state index in [4.69, 9.17) is 0 Å². The lowest BCUT2D eigenvalue weighted by Crippen LogP contribution is -2.41. The lowest BCUT2D eigenvalue weighted by Gasteiger charge is -2.29. The molecule has 0 bridgehead atoms. The number of aryl methyl sites for hydroxylation is 1. The van der Waals surface area contributed by atoms with E-state index in [1.54, 1.807) is 0 Å². The van der Waals surface area contributed by atoms with Gasteiger partial charge >= 0.3 is 0 Å². The number of hydrogen-bond acceptors (Lipinski definition) is 0. The van der Waals surface area contributed by atoms with Crippen molar-refractivity contribution in [2.24, 2.45) is 0 Å². The lowest BCUT2D eigenvalue weighted by molar-refractivity contribution is -0.904. The van der Waals surface area contributed by atoms with Crippen LogP contribution in [0.3, 0.4) is 0 Å². The Morgan fingerprint density at radius 1 is 0.588 bits per heavy atom. The molecular weight excluding hydrogens is 412 g/mol. The van der Waals surface area contributed by atoms with Crippen molar-refractivity contribution < 1.29 is 9.05 Å². The smallest absolute Gasteiger partial charge is 0.177 e.